The van der Waals surface area contributed by atoms with Crippen molar-refractivity contribution < 1.29 is 39.9 Å². The van der Waals surface area contributed by atoms with Crippen molar-refractivity contribution in [2.24, 2.45) is 0 Å². The maximum atomic E-state index is 13.5. The van der Waals surface area contributed by atoms with E-state index in [0.29, 0.717) is 0 Å². The number of carbonyl (C=O) groups excluding carboxylic acids is 2. The molecule has 0 saturated heterocycles. The van der Waals surface area contributed by atoms with E-state index in [4.69, 9.17) is 3.97 Å². The number of sulfonamides is 1. The van der Waals surface area contributed by atoms with E-state index < -0.39 is 56.1 Å². The van der Waals surface area contributed by atoms with Crippen LogP contribution in [0.3, 0.4) is 0 Å². The van der Waals surface area contributed by atoms with Crippen LogP contribution in [-0.4, -0.2) is 79.9 Å². The summed E-state index contributed by atoms with van der Waals surface area (Å²) in [6.07, 6.45) is 10.3. The second-order valence-electron chi connectivity index (χ2n) is 10.6. The van der Waals surface area contributed by atoms with Crippen molar-refractivity contribution in [2.75, 3.05) is 51.2 Å². The summed E-state index contributed by atoms with van der Waals surface area (Å²) in [5, 5.41) is 0. The average molecular weight is 640 g/mol. The van der Waals surface area contributed by atoms with Gasteiger partial charge in [-0.05, 0) is 0 Å². The summed E-state index contributed by atoms with van der Waals surface area (Å²) in [4.78, 5) is 23.8. The summed E-state index contributed by atoms with van der Waals surface area (Å²) in [5.74, 6) is -2.22. The van der Waals surface area contributed by atoms with E-state index in [2.05, 4.69) is 41.9 Å². The third-order valence-electron chi connectivity index (χ3n) is 7.34. The molecule has 0 aromatic heterocycles. The van der Waals surface area contributed by atoms with Crippen molar-refractivity contribution in [2.45, 2.75) is 84.0 Å². The van der Waals surface area contributed by atoms with E-state index >= 15 is 0 Å². The molecule has 0 bridgehead atoms. The average Bonchev–Trinajstić information content (AvgIpc) is 2.95. The molecule has 238 valence electrons. The van der Waals surface area contributed by atoms with Crippen LogP contribution in [0.1, 0.15) is 99.8 Å². The van der Waals surface area contributed by atoms with Crippen molar-refractivity contribution in [1.29, 1.82) is 0 Å². The Kier molecular flexibility index (Phi) is 15.4. The van der Waals surface area contributed by atoms with Gasteiger partial charge in [-0.15, -0.1) is 0 Å². The molecule has 0 aliphatic heterocycles. The molecule has 1 N–H and O–H groups in total. The van der Waals surface area contributed by atoms with Crippen molar-refractivity contribution in [1.82, 2.24) is 4.72 Å². The minimum absolute atomic E-state index is 0.164. The van der Waals surface area contributed by atoms with E-state index in [1.54, 1.807) is 0 Å². The number of esters is 2. The zero-order valence-corrected chi connectivity index (χ0v) is 28.1. The van der Waals surface area contributed by atoms with Crippen LogP contribution in [0, 0.1) is 0 Å². The molecule has 13 heteroatoms. The second-order valence-corrected chi connectivity index (χ2v) is 20.0. The molecular formula is C28H50NO9PS2. The summed E-state index contributed by atoms with van der Waals surface area (Å²) in [5.41, 5.74) is -0.328. The van der Waals surface area contributed by atoms with Crippen molar-refractivity contribution in [3.05, 3.63) is 29.3 Å². The Morgan fingerprint density at radius 1 is 0.707 bits per heavy atom. The van der Waals surface area contributed by atoms with Gasteiger partial charge in [0.25, 0.3) is 0 Å². The van der Waals surface area contributed by atoms with Gasteiger partial charge in [0, 0.05) is 0 Å². The van der Waals surface area contributed by atoms with E-state index in [9.17, 15) is 26.4 Å². The fourth-order valence-electron chi connectivity index (χ4n) is 5.02. The molecule has 1 rings (SSSR count). The molecule has 0 heterocycles. The SMILES string of the molecule is CCCCP(CCCC)(CCCC)(CCCC)OS(=O)(=O)CCNS(=O)(=O)c1cc(C(=O)OC)cc(C(=O)OC)c1. The van der Waals surface area contributed by atoms with E-state index in [-0.39, 0.29) is 11.1 Å². The number of carbonyl (C=O) groups is 2. The standard InChI is InChI=1S/C28H50NO9PS2/c1-7-11-16-39(17-12-8-2,18-13-9-3,19-14-10-4)38-40(32,33)20-15-29-41(34,35)26-22-24(27(30)36-5)21-25(23-26)28(31)37-6/h21-23,29H,7-20H2,1-6H3. The molecule has 0 spiro atoms. The third-order valence-corrected chi connectivity index (χ3v) is 17.9. The molecule has 0 radical (unpaired) electrons. The predicted octanol–water partition coefficient (Wildman–Crippen LogP) is 5.55. The third kappa shape index (κ3) is 11.2. The van der Waals surface area contributed by atoms with Crippen LogP contribution in [0.25, 0.3) is 0 Å². The van der Waals surface area contributed by atoms with Gasteiger partial charge in [0.2, 0.25) is 0 Å². The summed E-state index contributed by atoms with van der Waals surface area (Å²) in [6.45, 7) is 4.79. The molecule has 0 aliphatic carbocycles. The summed E-state index contributed by atoms with van der Waals surface area (Å²) in [6, 6.07) is 3.28. The van der Waals surface area contributed by atoms with Crippen LogP contribution in [0.2, 0.25) is 0 Å². The van der Waals surface area contributed by atoms with Crippen LogP contribution in [0.4, 0.5) is 0 Å². The number of unbranched alkanes of at least 4 members (excludes halogenated alkanes) is 4. The van der Waals surface area contributed by atoms with Crippen LogP contribution in [0.15, 0.2) is 23.1 Å². The number of hydrogen-bond acceptors (Lipinski definition) is 9. The normalized spacial score (nSPS) is 13.4. The first-order valence-corrected chi connectivity index (χ1v) is 20.5. The van der Waals surface area contributed by atoms with Gasteiger partial charge in [-0.1, -0.05) is 0 Å². The number of nitrogens with one attached hydrogen (secondary N) is 1. The molecule has 41 heavy (non-hydrogen) atoms. The molecule has 1 aromatic carbocycles. The molecule has 0 atom stereocenters. The summed E-state index contributed by atoms with van der Waals surface area (Å²) >= 11 is 0. The van der Waals surface area contributed by atoms with Crippen LogP contribution in [-0.2, 0) is 33.6 Å². The predicted molar refractivity (Wildman–Crippen MR) is 165 cm³/mol. The number of methoxy groups -OCH3 is 2. The number of hydrogen-bond donors (Lipinski definition) is 1. The first kappa shape index (κ1) is 37.4. The quantitative estimate of drug-likeness (QED) is 0.135. The topological polar surface area (TPSA) is 142 Å². The van der Waals surface area contributed by atoms with Gasteiger partial charge in [-0.2, -0.15) is 0 Å². The van der Waals surface area contributed by atoms with Gasteiger partial charge in [0.05, 0.1) is 0 Å². The Morgan fingerprint density at radius 3 is 1.44 bits per heavy atom. The molecule has 0 fully saturated rings. The van der Waals surface area contributed by atoms with Gasteiger partial charge in [0.15, 0.2) is 0 Å². The van der Waals surface area contributed by atoms with E-state index in [1.165, 1.54) is 0 Å². The maximum absolute atomic E-state index is 13.5. The first-order valence-electron chi connectivity index (χ1n) is 14.5. The Bertz CT molecular complexity index is 1140. The van der Waals surface area contributed by atoms with Gasteiger partial charge >= 0.3 is 248 Å². The van der Waals surface area contributed by atoms with Crippen LogP contribution >= 0.6 is 6.83 Å². The first-order chi connectivity index (χ1) is 19.3. The van der Waals surface area contributed by atoms with Gasteiger partial charge in [-0.3, -0.25) is 0 Å². The van der Waals surface area contributed by atoms with Gasteiger partial charge in [-0.25, -0.2) is 0 Å². The van der Waals surface area contributed by atoms with Crippen LogP contribution < -0.4 is 4.72 Å². The van der Waals surface area contributed by atoms with Gasteiger partial charge in [0.1, 0.15) is 0 Å². The molecule has 10 nitrogen and oxygen atoms in total. The molecule has 0 unspecified atom stereocenters. The van der Waals surface area contributed by atoms with Gasteiger partial charge < -0.3 is 0 Å². The zero-order chi connectivity index (χ0) is 31.2. The number of benzene rings is 1. The Hall–Kier alpha value is -1.59. The molecule has 0 saturated carbocycles. The molecular weight excluding hydrogens is 589 g/mol. The molecule has 0 amide bonds. The number of rotatable bonds is 21. The Labute approximate surface area is 247 Å². The van der Waals surface area contributed by atoms with Crippen molar-refractivity contribution >= 4 is 38.9 Å². The van der Waals surface area contributed by atoms with Crippen molar-refractivity contribution in [3.8, 4) is 0 Å². The number of ether oxygens (including phenoxy) is 2. The Balaban J connectivity index is 3.33. The molecule has 0 aliphatic rings. The minimum atomic E-state index is -4.30. The monoisotopic (exact) mass is 639 g/mol. The second kappa shape index (κ2) is 16.9. The summed E-state index contributed by atoms with van der Waals surface area (Å²) in [7, 11) is -6.14. The van der Waals surface area contributed by atoms with E-state index in [1.807, 2.05) is 0 Å². The Morgan fingerprint density at radius 2 is 1.10 bits per heavy atom. The summed E-state index contributed by atoms with van der Waals surface area (Å²) < 4.78 is 71.4. The van der Waals surface area contributed by atoms with Crippen LogP contribution in [0.5, 0.6) is 0 Å². The fourth-order valence-corrected chi connectivity index (χ4v) is 16.5. The molecule has 1 aromatic rings. The van der Waals surface area contributed by atoms with E-state index in [0.717, 1.165) is 108 Å². The van der Waals surface area contributed by atoms with Crippen molar-refractivity contribution in [3.63, 3.8) is 0 Å². The fraction of sp³-hybridized carbons (Fsp3) is 0.714. The zero-order valence-electron chi connectivity index (χ0n) is 25.6.